The summed E-state index contributed by atoms with van der Waals surface area (Å²) in [5.41, 5.74) is 6.05. The number of likely N-dealkylation sites (N-methyl/N-ethyl adjacent to an activating group) is 2. The number of methoxy groups -OCH3 is 1. The number of aliphatic hydroxyl groups is 1. The molecule has 8 rings (SSSR count). The Morgan fingerprint density at radius 3 is 2.64 bits per heavy atom. The van der Waals surface area contributed by atoms with Crippen LogP contribution >= 0.6 is 0 Å². The standard InChI is InChI=1S/C35H50N4O8/c1-32(2,44)24-18-33-10-11-35(24,45-5)30-34(33)12-15-39(4,19-20-6-7-20)25(33)16-21-8-9-23(28(47-30)27(21)34)46-31(43)38(3)14-13-37-29(42)22(36)17-26(40)41/h8-9,20,22,24-25,30,44H,6-7,10-19,36H2,1-5H3,(H-,37,40,41,42)/p+1/t22-,24+,25-,30+,33+,34-,35+,39?/m0/s1. The Labute approximate surface area is 276 Å². The van der Waals surface area contributed by atoms with Crippen molar-refractivity contribution in [3.05, 3.63) is 23.3 Å². The molecule has 7 aliphatic rings. The molecule has 2 heterocycles. The second kappa shape index (κ2) is 10.8. The van der Waals surface area contributed by atoms with Gasteiger partial charge in [-0.05, 0) is 57.6 Å². The van der Waals surface area contributed by atoms with Gasteiger partial charge in [0.05, 0.1) is 49.7 Å². The highest BCUT2D eigenvalue weighted by Gasteiger charge is 2.84. The number of ether oxygens (including phenoxy) is 3. The smallest absolute Gasteiger partial charge is 0.415 e. The van der Waals surface area contributed by atoms with Gasteiger partial charge in [0, 0.05) is 62.9 Å². The number of quaternary nitrogens is 1. The van der Waals surface area contributed by atoms with Crippen molar-refractivity contribution in [3.8, 4) is 11.5 Å². The van der Waals surface area contributed by atoms with Gasteiger partial charge in [0.25, 0.3) is 0 Å². The SMILES string of the molecule is CO[C@]12CC[C@@]3(C[C@@H]1C(C)(C)O)[C@@H]1Cc4ccc(OC(=O)N(C)CCNC(=O)[C@@H](N)CC(=O)O)c5c4[C@@]3(CC[N+]1(C)CC1CC1)[C@H]2O5. The molecule has 8 atom stereocenters. The highest BCUT2D eigenvalue weighted by atomic mass is 16.6. The van der Waals surface area contributed by atoms with Crippen molar-refractivity contribution >= 4 is 18.0 Å². The van der Waals surface area contributed by atoms with Crippen LogP contribution in [-0.4, -0.2) is 114 Å². The first kappa shape index (κ1) is 32.6. The number of nitrogens with two attached hydrogens (primary N) is 1. The van der Waals surface area contributed by atoms with Gasteiger partial charge in [-0.25, -0.2) is 4.79 Å². The minimum atomic E-state index is -1.17. The lowest BCUT2D eigenvalue weighted by molar-refractivity contribution is -0.952. The van der Waals surface area contributed by atoms with E-state index in [2.05, 4.69) is 18.4 Å². The van der Waals surface area contributed by atoms with E-state index in [1.165, 1.54) is 35.4 Å². The molecule has 2 aliphatic heterocycles. The van der Waals surface area contributed by atoms with E-state index in [1.54, 1.807) is 14.2 Å². The van der Waals surface area contributed by atoms with E-state index in [4.69, 9.17) is 25.1 Å². The molecular formula is C35H51N4O8+. The molecule has 2 amide bonds. The number of nitrogens with zero attached hydrogens (tertiary/aromatic N) is 2. The van der Waals surface area contributed by atoms with Crippen molar-refractivity contribution in [1.82, 2.24) is 10.2 Å². The van der Waals surface area contributed by atoms with Crippen LogP contribution in [0.4, 0.5) is 4.79 Å². The lowest BCUT2D eigenvalue weighted by Gasteiger charge is -2.75. The fourth-order valence-corrected chi connectivity index (χ4v) is 11.0. The van der Waals surface area contributed by atoms with E-state index < -0.39 is 41.6 Å². The number of nitrogens with one attached hydrogen (secondary N) is 1. The predicted molar refractivity (Wildman–Crippen MR) is 171 cm³/mol. The molecule has 0 radical (unpaired) electrons. The zero-order valence-corrected chi connectivity index (χ0v) is 28.3. The summed E-state index contributed by atoms with van der Waals surface area (Å²) in [5, 5.41) is 23.2. The Bertz CT molecular complexity index is 1490. The van der Waals surface area contributed by atoms with Crippen molar-refractivity contribution < 1.29 is 43.3 Å². The van der Waals surface area contributed by atoms with Crippen LogP contribution in [0.2, 0.25) is 0 Å². The van der Waals surface area contributed by atoms with E-state index in [9.17, 15) is 19.5 Å². The number of carbonyl (C=O) groups is 3. The summed E-state index contributed by atoms with van der Waals surface area (Å²) in [4.78, 5) is 37.7. The zero-order chi connectivity index (χ0) is 33.7. The maximum Gasteiger partial charge on any atom is 0.415 e. The van der Waals surface area contributed by atoms with Crippen LogP contribution in [0.5, 0.6) is 11.5 Å². The number of likely N-dealkylation sites (tertiary alicyclic amines) is 1. The highest BCUT2D eigenvalue weighted by molar-refractivity contribution is 5.85. The maximum atomic E-state index is 13.4. The van der Waals surface area contributed by atoms with Crippen molar-refractivity contribution in [1.29, 1.82) is 0 Å². The van der Waals surface area contributed by atoms with Crippen LogP contribution in [0.3, 0.4) is 0 Å². The van der Waals surface area contributed by atoms with Crippen LogP contribution in [0.25, 0.3) is 0 Å². The third-order valence-corrected chi connectivity index (χ3v) is 13.2. The Morgan fingerprint density at radius 1 is 1.23 bits per heavy atom. The van der Waals surface area contributed by atoms with Gasteiger partial charge in [-0.3, -0.25) is 9.59 Å². The number of carboxylic acids is 1. The van der Waals surface area contributed by atoms with E-state index in [0.717, 1.165) is 49.0 Å². The molecule has 1 aromatic rings. The van der Waals surface area contributed by atoms with Gasteiger partial charge in [0.15, 0.2) is 11.5 Å². The molecule has 1 aromatic carbocycles. The number of hydrogen-bond acceptors (Lipinski definition) is 8. The Hall–Kier alpha value is -2.93. The highest BCUT2D eigenvalue weighted by Crippen LogP contribution is 2.78. The fraction of sp³-hybridized carbons (Fsp3) is 0.743. The van der Waals surface area contributed by atoms with Gasteiger partial charge >= 0.3 is 12.1 Å². The number of amides is 2. The lowest BCUT2D eigenvalue weighted by Crippen LogP contribution is -2.84. The molecule has 4 bridgehead atoms. The predicted octanol–water partition coefficient (Wildman–Crippen LogP) is 2.18. The first-order valence-electron chi connectivity index (χ1n) is 17.2. The maximum absolute atomic E-state index is 13.4. The molecule has 4 saturated carbocycles. The van der Waals surface area contributed by atoms with E-state index in [0.29, 0.717) is 17.5 Å². The minimum absolute atomic E-state index is 0.0815. The Kier molecular flexibility index (Phi) is 7.48. The molecule has 5 aliphatic carbocycles. The van der Waals surface area contributed by atoms with E-state index in [-0.39, 0.29) is 35.9 Å². The van der Waals surface area contributed by atoms with Crippen molar-refractivity contribution in [2.24, 2.45) is 23.0 Å². The minimum Gasteiger partial charge on any atom is -0.482 e. The summed E-state index contributed by atoms with van der Waals surface area (Å²) in [6, 6.07) is 3.22. The number of piperidine rings is 1. The first-order valence-corrected chi connectivity index (χ1v) is 17.2. The van der Waals surface area contributed by atoms with Crippen molar-refractivity contribution in [2.45, 2.75) is 100 Å². The van der Waals surface area contributed by atoms with E-state index in [1.807, 2.05) is 19.9 Å². The average molecular weight is 656 g/mol. The van der Waals surface area contributed by atoms with Gasteiger partial charge in [-0.15, -0.1) is 0 Å². The number of rotatable bonds is 11. The average Bonchev–Trinajstić information content (AvgIpc) is 3.74. The zero-order valence-electron chi connectivity index (χ0n) is 28.3. The number of fused-ring (bicyclic) bond motifs is 2. The van der Waals surface area contributed by atoms with Crippen LogP contribution in [0.1, 0.15) is 69.9 Å². The van der Waals surface area contributed by atoms with Crippen LogP contribution in [-0.2, 0) is 26.2 Å². The second-order valence-corrected chi connectivity index (χ2v) is 16.2. The molecule has 5 N–H and O–H groups in total. The Morgan fingerprint density at radius 2 is 1.98 bits per heavy atom. The molecule has 12 nitrogen and oxygen atoms in total. The molecule has 12 heteroatoms. The normalized spacial score (nSPS) is 36.6. The molecule has 258 valence electrons. The van der Waals surface area contributed by atoms with Crippen LogP contribution in [0, 0.1) is 17.3 Å². The summed E-state index contributed by atoms with van der Waals surface area (Å²) >= 11 is 0. The summed E-state index contributed by atoms with van der Waals surface area (Å²) < 4.78 is 20.8. The van der Waals surface area contributed by atoms with Gasteiger partial charge < -0.3 is 44.9 Å². The molecule has 5 fully saturated rings. The molecule has 1 unspecified atom stereocenters. The number of aliphatic carboxylic acids is 1. The first-order chi connectivity index (χ1) is 22.1. The molecule has 2 spiro atoms. The number of hydrogen-bond donors (Lipinski definition) is 4. The van der Waals surface area contributed by atoms with Crippen LogP contribution < -0.4 is 20.5 Å². The Balaban J connectivity index is 1.21. The lowest BCUT2D eigenvalue weighted by atomic mass is 9.33. The molecule has 0 aromatic heterocycles. The number of carboxylic acid groups (broad SMARTS) is 1. The topological polar surface area (TPSA) is 161 Å². The molecular weight excluding hydrogens is 604 g/mol. The number of benzene rings is 1. The van der Waals surface area contributed by atoms with Gasteiger partial charge in [-0.1, -0.05) is 6.07 Å². The van der Waals surface area contributed by atoms with Crippen molar-refractivity contribution in [3.63, 3.8) is 0 Å². The fourth-order valence-electron chi connectivity index (χ4n) is 11.0. The quantitative estimate of drug-likeness (QED) is 0.262. The third-order valence-electron chi connectivity index (χ3n) is 13.2. The van der Waals surface area contributed by atoms with Crippen LogP contribution in [0.15, 0.2) is 12.1 Å². The molecule has 1 saturated heterocycles. The van der Waals surface area contributed by atoms with E-state index >= 15 is 0 Å². The monoisotopic (exact) mass is 655 g/mol. The second-order valence-electron chi connectivity index (χ2n) is 16.2. The summed E-state index contributed by atoms with van der Waals surface area (Å²) in [7, 11) is 5.82. The summed E-state index contributed by atoms with van der Waals surface area (Å²) in [5.74, 6) is -0.0745. The summed E-state index contributed by atoms with van der Waals surface area (Å²) in [6.45, 7) is 6.32. The van der Waals surface area contributed by atoms with Crippen molar-refractivity contribution in [2.75, 3.05) is 47.4 Å². The van der Waals surface area contributed by atoms with Gasteiger partial charge in [-0.2, -0.15) is 0 Å². The molecule has 47 heavy (non-hydrogen) atoms. The largest absolute Gasteiger partial charge is 0.482 e. The third kappa shape index (κ3) is 4.64. The van der Waals surface area contributed by atoms with Gasteiger partial charge in [0.2, 0.25) is 5.91 Å². The number of carbonyl (C=O) groups excluding carboxylic acids is 2. The van der Waals surface area contributed by atoms with Gasteiger partial charge in [0.1, 0.15) is 11.7 Å². The summed E-state index contributed by atoms with van der Waals surface area (Å²) in [6.07, 6.45) is 5.85.